The smallest absolute Gasteiger partial charge is 0.255 e. The Balaban J connectivity index is 1.54. The second-order valence-corrected chi connectivity index (χ2v) is 6.83. The van der Waals surface area contributed by atoms with Gasteiger partial charge in [0.1, 0.15) is 0 Å². The Hall–Kier alpha value is -3.39. The minimum absolute atomic E-state index is 0.178. The molecule has 0 spiro atoms. The lowest BCUT2D eigenvalue weighted by molar-refractivity contribution is 0.0979. The molecule has 0 aliphatic carbocycles. The molecule has 28 heavy (non-hydrogen) atoms. The van der Waals surface area contributed by atoms with Crippen LogP contribution in [0.15, 0.2) is 49.1 Å². The third kappa shape index (κ3) is 3.07. The molecule has 1 N–H and O–H groups in total. The number of fused-ring (bicyclic) bond motifs is 3. The maximum absolute atomic E-state index is 12.7. The molecule has 4 aromatic rings. The number of nitrogens with zero attached hydrogens (tertiary/aromatic N) is 5. The Kier molecular flexibility index (Phi) is 4.17. The molecular formula is C20H18N6O2. The number of imidazole rings is 1. The van der Waals surface area contributed by atoms with Crippen molar-refractivity contribution in [1.29, 1.82) is 0 Å². The maximum atomic E-state index is 12.7. The highest BCUT2D eigenvalue weighted by molar-refractivity contribution is 6.09. The van der Waals surface area contributed by atoms with Crippen molar-refractivity contribution in [1.82, 2.24) is 24.7 Å². The molecule has 1 unspecified atom stereocenters. The second kappa shape index (κ2) is 6.97. The van der Waals surface area contributed by atoms with Gasteiger partial charge >= 0.3 is 0 Å². The van der Waals surface area contributed by atoms with Gasteiger partial charge in [-0.15, -0.1) is 10.2 Å². The van der Waals surface area contributed by atoms with Crippen LogP contribution in [0.1, 0.15) is 23.2 Å². The quantitative estimate of drug-likeness (QED) is 0.590. The zero-order valence-corrected chi connectivity index (χ0v) is 15.1. The summed E-state index contributed by atoms with van der Waals surface area (Å²) >= 11 is 0. The van der Waals surface area contributed by atoms with Crippen molar-refractivity contribution in [3.05, 3.63) is 54.6 Å². The van der Waals surface area contributed by atoms with Crippen LogP contribution in [0, 0.1) is 0 Å². The number of amides is 1. The number of aromatic nitrogens is 5. The van der Waals surface area contributed by atoms with Crippen LogP contribution in [0.5, 0.6) is 0 Å². The van der Waals surface area contributed by atoms with Gasteiger partial charge in [0.25, 0.3) is 5.91 Å². The number of carbonyl (C=O) groups is 1. The second-order valence-electron chi connectivity index (χ2n) is 6.83. The fourth-order valence-electron chi connectivity index (χ4n) is 3.56. The van der Waals surface area contributed by atoms with E-state index in [9.17, 15) is 4.79 Å². The number of ether oxygens (including phenoxy) is 1. The molecule has 1 atom stereocenters. The van der Waals surface area contributed by atoms with E-state index in [2.05, 4.69) is 25.5 Å². The lowest BCUT2D eigenvalue weighted by Crippen LogP contribution is -2.14. The van der Waals surface area contributed by atoms with Gasteiger partial charge < -0.3 is 14.6 Å². The zero-order valence-electron chi connectivity index (χ0n) is 15.1. The molecular weight excluding hydrogens is 356 g/mol. The van der Waals surface area contributed by atoms with Crippen LogP contribution in [0.3, 0.4) is 0 Å². The fourth-order valence-corrected chi connectivity index (χ4v) is 3.56. The molecule has 0 radical (unpaired) electrons. The van der Waals surface area contributed by atoms with Gasteiger partial charge in [-0.3, -0.25) is 9.78 Å². The summed E-state index contributed by atoms with van der Waals surface area (Å²) in [6.45, 7) is 1.51. The van der Waals surface area contributed by atoms with Crippen LogP contribution in [-0.4, -0.2) is 43.4 Å². The number of hydrogen-bond acceptors (Lipinski definition) is 6. The van der Waals surface area contributed by atoms with Crippen molar-refractivity contribution >= 4 is 33.7 Å². The first kappa shape index (κ1) is 16.8. The molecule has 1 aromatic carbocycles. The largest absolute Gasteiger partial charge is 0.376 e. The van der Waals surface area contributed by atoms with Crippen LogP contribution < -0.4 is 5.32 Å². The van der Waals surface area contributed by atoms with Gasteiger partial charge in [0.05, 0.1) is 41.9 Å². The van der Waals surface area contributed by atoms with Crippen molar-refractivity contribution in [2.24, 2.45) is 0 Å². The topological polar surface area (TPSA) is 94.8 Å². The Morgan fingerprint density at radius 3 is 3.07 bits per heavy atom. The summed E-state index contributed by atoms with van der Waals surface area (Å²) in [5.74, 6) is -0.204. The summed E-state index contributed by atoms with van der Waals surface area (Å²) in [7, 11) is 0. The molecule has 5 rings (SSSR count). The molecule has 8 heteroatoms. The van der Waals surface area contributed by atoms with E-state index in [1.54, 1.807) is 36.9 Å². The maximum Gasteiger partial charge on any atom is 0.255 e. The highest BCUT2D eigenvalue weighted by Gasteiger charge is 2.19. The number of benzene rings is 1. The standard InChI is InChI=1S/C20H18N6O2/c27-20(23-14-3-1-7-21-10-14)13-5-6-17-16(9-13)18-19(25-24-17)22-12-26(18)11-15-4-2-8-28-15/h1,3,5-7,9-10,12,15H,2,4,8,11H2,(H,23,27). The van der Waals surface area contributed by atoms with Gasteiger partial charge in [0, 0.05) is 23.8 Å². The minimum Gasteiger partial charge on any atom is -0.376 e. The summed E-state index contributed by atoms with van der Waals surface area (Å²) in [6, 6.07) is 8.97. The average Bonchev–Trinajstić information content (AvgIpc) is 3.39. The summed E-state index contributed by atoms with van der Waals surface area (Å²) in [5.41, 5.74) is 3.34. The number of rotatable bonds is 4. The van der Waals surface area contributed by atoms with Gasteiger partial charge in [0.2, 0.25) is 5.65 Å². The third-order valence-electron chi connectivity index (χ3n) is 4.93. The number of nitrogens with one attached hydrogen (secondary N) is 1. The molecule has 1 aliphatic heterocycles. The van der Waals surface area contributed by atoms with E-state index in [1.807, 2.05) is 16.7 Å². The van der Waals surface area contributed by atoms with Crippen molar-refractivity contribution in [3.63, 3.8) is 0 Å². The Bertz CT molecular complexity index is 1150. The first-order valence-corrected chi connectivity index (χ1v) is 9.22. The van der Waals surface area contributed by atoms with Gasteiger partial charge in [0.15, 0.2) is 0 Å². The van der Waals surface area contributed by atoms with Gasteiger partial charge in [-0.25, -0.2) is 4.98 Å². The van der Waals surface area contributed by atoms with Gasteiger partial charge in [-0.1, -0.05) is 0 Å². The van der Waals surface area contributed by atoms with E-state index in [0.29, 0.717) is 23.4 Å². The molecule has 3 aromatic heterocycles. The molecule has 8 nitrogen and oxygen atoms in total. The van der Waals surface area contributed by atoms with Crippen molar-refractivity contribution in [2.75, 3.05) is 11.9 Å². The van der Waals surface area contributed by atoms with E-state index in [4.69, 9.17) is 4.74 Å². The molecule has 4 heterocycles. The van der Waals surface area contributed by atoms with E-state index in [1.165, 1.54) is 0 Å². The van der Waals surface area contributed by atoms with Crippen molar-refractivity contribution in [3.8, 4) is 0 Å². The monoisotopic (exact) mass is 374 g/mol. The number of hydrogen-bond donors (Lipinski definition) is 1. The molecule has 0 bridgehead atoms. The van der Waals surface area contributed by atoms with Crippen LogP contribution in [0.2, 0.25) is 0 Å². The Labute approximate surface area is 160 Å². The molecule has 1 fully saturated rings. The summed E-state index contributed by atoms with van der Waals surface area (Å²) in [4.78, 5) is 21.1. The molecule has 140 valence electrons. The predicted octanol–water partition coefficient (Wildman–Crippen LogP) is 2.81. The van der Waals surface area contributed by atoms with Crippen LogP contribution in [-0.2, 0) is 11.3 Å². The van der Waals surface area contributed by atoms with Gasteiger partial charge in [-0.05, 0) is 43.2 Å². The zero-order chi connectivity index (χ0) is 18.9. The number of carbonyl (C=O) groups excluding carboxylic acids is 1. The van der Waals surface area contributed by atoms with Crippen LogP contribution in [0.4, 0.5) is 5.69 Å². The van der Waals surface area contributed by atoms with Crippen molar-refractivity contribution < 1.29 is 9.53 Å². The normalized spacial score (nSPS) is 16.6. The lowest BCUT2D eigenvalue weighted by Gasteiger charge is -2.12. The fraction of sp³-hybridized carbons (Fsp3) is 0.250. The lowest BCUT2D eigenvalue weighted by atomic mass is 10.1. The van der Waals surface area contributed by atoms with E-state index in [0.717, 1.165) is 35.9 Å². The first-order valence-electron chi connectivity index (χ1n) is 9.22. The van der Waals surface area contributed by atoms with E-state index in [-0.39, 0.29) is 12.0 Å². The minimum atomic E-state index is -0.204. The summed E-state index contributed by atoms with van der Waals surface area (Å²) < 4.78 is 7.81. The van der Waals surface area contributed by atoms with Crippen LogP contribution in [0.25, 0.3) is 22.1 Å². The highest BCUT2D eigenvalue weighted by Crippen LogP contribution is 2.25. The Morgan fingerprint density at radius 2 is 2.25 bits per heavy atom. The van der Waals surface area contributed by atoms with Crippen LogP contribution >= 0.6 is 0 Å². The number of pyridine rings is 1. The van der Waals surface area contributed by atoms with E-state index >= 15 is 0 Å². The first-order chi connectivity index (χ1) is 13.8. The van der Waals surface area contributed by atoms with Gasteiger partial charge in [-0.2, -0.15) is 0 Å². The summed E-state index contributed by atoms with van der Waals surface area (Å²) in [6.07, 6.45) is 7.33. The molecule has 1 aliphatic rings. The summed E-state index contributed by atoms with van der Waals surface area (Å²) in [5, 5.41) is 12.2. The highest BCUT2D eigenvalue weighted by atomic mass is 16.5. The average molecular weight is 374 g/mol. The molecule has 0 saturated carbocycles. The van der Waals surface area contributed by atoms with Crippen molar-refractivity contribution in [2.45, 2.75) is 25.5 Å². The third-order valence-corrected chi connectivity index (χ3v) is 4.93. The molecule has 1 saturated heterocycles. The predicted molar refractivity (Wildman–Crippen MR) is 104 cm³/mol. The number of anilines is 1. The molecule has 1 amide bonds. The SMILES string of the molecule is O=C(Nc1cccnc1)c1ccc2nnc3ncn(CC4CCCO4)c3c2c1. The van der Waals surface area contributed by atoms with E-state index < -0.39 is 0 Å². The Morgan fingerprint density at radius 1 is 1.29 bits per heavy atom.